The standard InChI is InChI=1S/C26H28ClF4N5O2S/c1-35(2)25(11-8-18-4-6-21(27)20(14-18)26(29,30)31)10-3-13-36(16-25)19-5-7-23(22(28)15-19)39(37,38)34-24-9-12-32-17-33-24/h4-7,9,12,14-15,17H,3,8,10-11,13,16H2,1-2H3,(H,32,33,34)/t25-/m0/s1. The summed E-state index contributed by atoms with van der Waals surface area (Å²) in [6.07, 6.45) is 0.520. The van der Waals surface area contributed by atoms with Crippen molar-refractivity contribution in [1.29, 1.82) is 0 Å². The van der Waals surface area contributed by atoms with E-state index in [0.717, 1.165) is 18.9 Å². The first-order valence-corrected chi connectivity index (χ1v) is 14.0. The Morgan fingerprint density at radius 2 is 1.92 bits per heavy atom. The second-order valence-electron chi connectivity index (χ2n) is 9.77. The molecular weight excluding hydrogens is 558 g/mol. The third-order valence-electron chi connectivity index (χ3n) is 7.11. The van der Waals surface area contributed by atoms with Crippen molar-refractivity contribution in [3.05, 3.63) is 77.0 Å². The molecule has 0 aliphatic carbocycles. The molecule has 1 aliphatic rings. The van der Waals surface area contributed by atoms with Crippen LogP contribution >= 0.6 is 11.6 Å². The number of hydrogen-bond acceptors (Lipinski definition) is 6. The molecule has 0 saturated carbocycles. The van der Waals surface area contributed by atoms with Gasteiger partial charge in [-0.2, -0.15) is 13.2 Å². The van der Waals surface area contributed by atoms with Crippen LogP contribution in [0.15, 0.2) is 59.9 Å². The minimum absolute atomic E-state index is 0.0170. The predicted octanol–water partition coefficient (Wildman–Crippen LogP) is 5.62. The number of rotatable bonds is 8. The highest BCUT2D eigenvalue weighted by molar-refractivity contribution is 7.92. The summed E-state index contributed by atoms with van der Waals surface area (Å²) < 4.78 is 82.8. The Bertz CT molecular complexity index is 1420. The van der Waals surface area contributed by atoms with Gasteiger partial charge in [-0.1, -0.05) is 17.7 Å². The molecule has 13 heteroatoms. The Morgan fingerprint density at radius 1 is 1.15 bits per heavy atom. The second kappa shape index (κ2) is 11.3. The molecule has 0 spiro atoms. The lowest BCUT2D eigenvalue weighted by Gasteiger charge is -2.48. The van der Waals surface area contributed by atoms with Gasteiger partial charge in [-0.25, -0.2) is 22.8 Å². The van der Waals surface area contributed by atoms with Gasteiger partial charge in [-0.05, 0) is 81.7 Å². The average molecular weight is 586 g/mol. The van der Waals surface area contributed by atoms with Crippen LogP contribution in [0.3, 0.4) is 0 Å². The zero-order valence-corrected chi connectivity index (χ0v) is 22.9. The van der Waals surface area contributed by atoms with Gasteiger partial charge < -0.3 is 9.80 Å². The third-order valence-corrected chi connectivity index (χ3v) is 8.83. The number of sulfonamides is 1. The Kier molecular flexibility index (Phi) is 8.38. The van der Waals surface area contributed by atoms with Crippen LogP contribution in [-0.2, 0) is 22.6 Å². The van der Waals surface area contributed by atoms with Crippen LogP contribution in [0.2, 0.25) is 5.02 Å². The lowest BCUT2D eigenvalue weighted by Crippen LogP contribution is -2.56. The van der Waals surface area contributed by atoms with Crippen LogP contribution in [0.25, 0.3) is 0 Å². The van der Waals surface area contributed by atoms with E-state index < -0.39 is 38.0 Å². The normalized spacial score (nSPS) is 18.4. The van der Waals surface area contributed by atoms with Gasteiger partial charge in [-0.15, -0.1) is 0 Å². The fourth-order valence-electron chi connectivity index (χ4n) is 4.90. The van der Waals surface area contributed by atoms with Crippen LogP contribution in [0.1, 0.15) is 30.4 Å². The van der Waals surface area contributed by atoms with Gasteiger partial charge in [0.1, 0.15) is 22.9 Å². The molecule has 1 fully saturated rings. The minimum Gasteiger partial charge on any atom is -0.370 e. The smallest absolute Gasteiger partial charge is 0.370 e. The van der Waals surface area contributed by atoms with E-state index in [1.165, 1.54) is 36.8 Å². The van der Waals surface area contributed by atoms with Crippen LogP contribution in [-0.4, -0.2) is 56.0 Å². The van der Waals surface area contributed by atoms with Crippen LogP contribution in [0.4, 0.5) is 29.1 Å². The van der Waals surface area contributed by atoms with E-state index in [-0.39, 0.29) is 10.8 Å². The molecule has 4 rings (SSSR count). The maximum absolute atomic E-state index is 15.1. The van der Waals surface area contributed by atoms with Crippen molar-refractivity contribution < 1.29 is 26.0 Å². The topological polar surface area (TPSA) is 78.4 Å². The highest BCUT2D eigenvalue weighted by Crippen LogP contribution is 2.37. The zero-order valence-electron chi connectivity index (χ0n) is 21.3. The highest BCUT2D eigenvalue weighted by atomic mass is 35.5. The summed E-state index contributed by atoms with van der Waals surface area (Å²) in [5, 5.41) is -0.336. The van der Waals surface area contributed by atoms with Gasteiger partial charge in [-0.3, -0.25) is 4.72 Å². The fraction of sp³-hybridized carbons (Fsp3) is 0.385. The summed E-state index contributed by atoms with van der Waals surface area (Å²) in [5.74, 6) is -0.890. The molecule has 1 atom stereocenters. The van der Waals surface area contributed by atoms with Crippen molar-refractivity contribution in [3.63, 3.8) is 0 Å². The summed E-state index contributed by atoms with van der Waals surface area (Å²) >= 11 is 5.77. The van der Waals surface area contributed by atoms with Crippen molar-refractivity contribution in [2.45, 2.75) is 42.3 Å². The van der Waals surface area contributed by atoms with Gasteiger partial charge in [0.05, 0.1) is 10.6 Å². The summed E-state index contributed by atoms with van der Waals surface area (Å²) in [7, 11) is -0.379. The zero-order chi connectivity index (χ0) is 28.4. The highest BCUT2D eigenvalue weighted by Gasteiger charge is 2.38. The van der Waals surface area contributed by atoms with E-state index in [1.54, 1.807) is 12.1 Å². The number of piperidine rings is 1. The molecule has 1 N–H and O–H groups in total. The number of anilines is 2. The minimum atomic E-state index is -4.54. The summed E-state index contributed by atoms with van der Waals surface area (Å²) in [6, 6.07) is 9.28. The van der Waals surface area contributed by atoms with Crippen molar-refractivity contribution in [2.75, 3.05) is 36.8 Å². The molecule has 1 aliphatic heterocycles. The first-order valence-electron chi connectivity index (χ1n) is 12.2. The van der Waals surface area contributed by atoms with Gasteiger partial charge in [0.25, 0.3) is 10.0 Å². The Balaban J connectivity index is 1.53. The summed E-state index contributed by atoms with van der Waals surface area (Å²) in [5.41, 5.74) is -0.204. The monoisotopic (exact) mass is 585 g/mol. The third kappa shape index (κ3) is 6.62. The molecule has 0 unspecified atom stereocenters. The number of aromatic nitrogens is 2. The number of hydrogen-bond donors (Lipinski definition) is 1. The number of alkyl halides is 3. The molecule has 0 radical (unpaired) electrons. The number of halogens is 5. The molecule has 210 valence electrons. The molecule has 39 heavy (non-hydrogen) atoms. The molecule has 1 aromatic heterocycles. The van der Waals surface area contributed by atoms with Gasteiger partial charge >= 0.3 is 6.18 Å². The van der Waals surface area contributed by atoms with Gasteiger partial charge in [0, 0.05) is 30.5 Å². The van der Waals surface area contributed by atoms with Gasteiger partial charge in [0.15, 0.2) is 0 Å². The SMILES string of the molecule is CN(C)[C@]1(CCc2ccc(Cl)c(C(F)(F)F)c2)CCCN(c2ccc(S(=O)(=O)Nc3ccncn3)c(F)c2)C1. The fourth-order valence-corrected chi connectivity index (χ4v) is 6.19. The average Bonchev–Trinajstić information content (AvgIpc) is 2.87. The largest absolute Gasteiger partial charge is 0.417 e. The van der Waals surface area contributed by atoms with Crippen LogP contribution in [0, 0.1) is 5.82 Å². The van der Waals surface area contributed by atoms with Crippen molar-refractivity contribution in [3.8, 4) is 0 Å². The van der Waals surface area contributed by atoms with Crippen molar-refractivity contribution in [2.24, 2.45) is 0 Å². The summed E-state index contributed by atoms with van der Waals surface area (Å²) in [6.45, 7) is 1.11. The quantitative estimate of drug-likeness (QED) is 0.346. The molecule has 1 saturated heterocycles. The molecular formula is C26H28ClF4N5O2S. The maximum Gasteiger partial charge on any atom is 0.417 e. The lowest BCUT2D eigenvalue weighted by atomic mass is 9.82. The van der Waals surface area contributed by atoms with E-state index in [0.29, 0.717) is 37.2 Å². The Morgan fingerprint density at radius 3 is 2.56 bits per heavy atom. The van der Waals surface area contributed by atoms with E-state index in [9.17, 15) is 21.6 Å². The predicted molar refractivity (Wildman–Crippen MR) is 142 cm³/mol. The lowest BCUT2D eigenvalue weighted by molar-refractivity contribution is -0.137. The maximum atomic E-state index is 15.1. The molecule has 2 heterocycles. The van der Waals surface area contributed by atoms with E-state index >= 15 is 4.39 Å². The number of nitrogens with zero attached hydrogens (tertiary/aromatic N) is 4. The Labute approximate surface area is 229 Å². The molecule has 2 aromatic carbocycles. The van der Waals surface area contributed by atoms with Gasteiger partial charge in [0.2, 0.25) is 0 Å². The number of benzene rings is 2. The Hall–Kier alpha value is -2.96. The number of aryl methyl sites for hydroxylation is 1. The summed E-state index contributed by atoms with van der Waals surface area (Å²) in [4.78, 5) is 11.0. The van der Waals surface area contributed by atoms with E-state index in [2.05, 4.69) is 19.6 Å². The molecule has 3 aromatic rings. The number of nitrogens with one attached hydrogen (secondary N) is 1. The van der Waals surface area contributed by atoms with Crippen molar-refractivity contribution >= 4 is 33.1 Å². The molecule has 7 nitrogen and oxygen atoms in total. The molecule has 0 bridgehead atoms. The van der Waals surface area contributed by atoms with E-state index in [1.807, 2.05) is 19.0 Å². The molecule has 0 amide bonds. The first kappa shape index (κ1) is 29.0. The van der Waals surface area contributed by atoms with E-state index in [4.69, 9.17) is 11.6 Å². The van der Waals surface area contributed by atoms with Crippen LogP contribution in [0.5, 0.6) is 0 Å². The van der Waals surface area contributed by atoms with Crippen molar-refractivity contribution in [1.82, 2.24) is 14.9 Å². The second-order valence-corrected chi connectivity index (χ2v) is 11.8. The van der Waals surface area contributed by atoms with Crippen LogP contribution < -0.4 is 9.62 Å². The number of likely N-dealkylation sites (N-methyl/N-ethyl adjacent to an activating group) is 1. The first-order chi connectivity index (χ1) is 18.3.